The summed E-state index contributed by atoms with van der Waals surface area (Å²) in [6.07, 6.45) is -3.39. The van der Waals surface area contributed by atoms with Crippen LogP contribution in [0.1, 0.15) is 6.42 Å². The summed E-state index contributed by atoms with van der Waals surface area (Å²) >= 11 is 0. The van der Waals surface area contributed by atoms with Gasteiger partial charge < -0.3 is 11.1 Å². The topological polar surface area (TPSA) is 55.1 Å². The van der Waals surface area contributed by atoms with Crippen molar-refractivity contribution in [3.05, 3.63) is 11.9 Å². The van der Waals surface area contributed by atoms with Crippen LogP contribution >= 0.6 is 12.4 Å². The van der Waals surface area contributed by atoms with Crippen LogP contribution in [0.5, 0.6) is 0 Å². The first-order valence-corrected chi connectivity index (χ1v) is 3.24. The van der Waals surface area contributed by atoms with Crippen LogP contribution in [0, 0.1) is 0 Å². The van der Waals surface area contributed by atoms with Gasteiger partial charge in [-0.15, -0.1) is 12.4 Å². The van der Waals surface area contributed by atoms with Crippen molar-refractivity contribution in [2.24, 2.45) is 5.73 Å². The van der Waals surface area contributed by atoms with Crippen LogP contribution < -0.4 is 11.1 Å². The molecule has 7 heteroatoms. The Morgan fingerprint density at radius 3 is 2.23 bits per heavy atom. The Morgan fingerprint density at radius 2 is 1.85 bits per heavy atom. The normalized spacial score (nSPS) is 8.62. The molecule has 13 heavy (non-hydrogen) atoms. The molecule has 0 saturated carbocycles. The maximum atomic E-state index is 12.0. The molecular weight excluding hydrogens is 209 g/mol. The van der Waals surface area contributed by atoms with Crippen LogP contribution in [-0.4, -0.2) is 19.0 Å². The monoisotopic (exact) mass is 218 g/mol. The van der Waals surface area contributed by atoms with E-state index in [1.807, 2.05) is 0 Å². The highest BCUT2D eigenvalue weighted by molar-refractivity contribution is 5.85. The molecule has 78 valence electrons. The molecule has 0 saturated heterocycles. The van der Waals surface area contributed by atoms with E-state index in [0.717, 1.165) is 0 Å². The number of carbonyl (C=O) groups is 1. The first-order chi connectivity index (χ1) is 5.57. The minimum absolute atomic E-state index is 0. The third kappa shape index (κ3) is 7.61. The molecule has 3 N–H and O–H groups in total. The van der Waals surface area contributed by atoms with Gasteiger partial charge in [0, 0.05) is 13.1 Å². The van der Waals surface area contributed by atoms with E-state index >= 15 is 0 Å². The van der Waals surface area contributed by atoms with E-state index in [2.05, 4.69) is 5.32 Å². The summed E-state index contributed by atoms with van der Waals surface area (Å²) in [5.41, 5.74) is 5.00. The maximum Gasteiger partial charge on any atom is 0.302 e. The predicted molar refractivity (Wildman–Crippen MR) is 44.3 cm³/mol. The summed E-state index contributed by atoms with van der Waals surface area (Å²) < 4.78 is 34.9. The van der Waals surface area contributed by atoms with Gasteiger partial charge in [-0.25, -0.2) is 4.39 Å². The van der Waals surface area contributed by atoms with E-state index in [-0.39, 0.29) is 25.5 Å². The molecule has 0 bridgehead atoms. The lowest BCUT2D eigenvalue weighted by Crippen LogP contribution is -2.28. The van der Waals surface area contributed by atoms with Gasteiger partial charge in [0.05, 0.1) is 6.42 Å². The molecule has 0 atom stereocenters. The number of rotatable bonds is 4. The molecule has 0 aliphatic heterocycles. The lowest BCUT2D eigenvalue weighted by atomic mass is 10.3. The van der Waals surface area contributed by atoms with Gasteiger partial charge >= 0.3 is 6.08 Å². The fraction of sp³-hybridized carbons (Fsp3) is 0.500. The highest BCUT2D eigenvalue weighted by Gasteiger charge is 2.09. The number of halogens is 4. The van der Waals surface area contributed by atoms with Crippen molar-refractivity contribution in [2.45, 2.75) is 6.42 Å². The fourth-order valence-corrected chi connectivity index (χ4v) is 0.482. The Balaban J connectivity index is 0. The first kappa shape index (κ1) is 14.8. The second-order valence-corrected chi connectivity index (χ2v) is 1.98. The number of nitrogens with one attached hydrogen (secondary N) is 1. The van der Waals surface area contributed by atoms with Gasteiger partial charge in [-0.05, 0) is 0 Å². The summed E-state index contributed by atoms with van der Waals surface area (Å²) in [4.78, 5) is 10.5. The SMILES string of the molecule is Cl.NCCNC(=O)CC(F)=C(F)F. The van der Waals surface area contributed by atoms with Crippen LogP contribution in [0.15, 0.2) is 11.9 Å². The van der Waals surface area contributed by atoms with E-state index in [1.54, 1.807) is 0 Å². The molecular formula is C6H10ClF3N2O. The number of hydrogen-bond donors (Lipinski definition) is 2. The standard InChI is InChI=1S/C6H9F3N2O.ClH/c7-4(6(8)9)3-5(12)11-2-1-10;/h1-3,10H2,(H,11,12);1H. The van der Waals surface area contributed by atoms with Crippen LogP contribution in [0.3, 0.4) is 0 Å². The summed E-state index contributed by atoms with van der Waals surface area (Å²) in [6.45, 7) is 0.342. The van der Waals surface area contributed by atoms with Gasteiger partial charge in [0.25, 0.3) is 0 Å². The molecule has 3 nitrogen and oxygen atoms in total. The first-order valence-electron chi connectivity index (χ1n) is 3.24. The summed E-state index contributed by atoms with van der Waals surface area (Å²) in [5, 5.41) is 2.15. The Labute approximate surface area is 79.6 Å². The van der Waals surface area contributed by atoms with E-state index in [0.29, 0.717) is 0 Å². The molecule has 0 aromatic heterocycles. The van der Waals surface area contributed by atoms with Crippen LogP contribution in [0.4, 0.5) is 13.2 Å². The Morgan fingerprint density at radius 1 is 1.31 bits per heavy atom. The molecule has 0 unspecified atom stereocenters. The van der Waals surface area contributed by atoms with E-state index in [9.17, 15) is 18.0 Å². The Kier molecular flexibility index (Phi) is 8.94. The lowest BCUT2D eigenvalue weighted by Gasteiger charge is -2.00. The quantitative estimate of drug-likeness (QED) is 0.738. The maximum absolute atomic E-state index is 12.0. The third-order valence-electron chi connectivity index (χ3n) is 0.987. The van der Waals surface area contributed by atoms with E-state index in [4.69, 9.17) is 5.73 Å². The summed E-state index contributed by atoms with van der Waals surface area (Å²) in [7, 11) is 0. The lowest BCUT2D eigenvalue weighted by molar-refractivity contribution is -0.120. The second-order valence-electron chi connectivity index (χ2n) is 1.98. The minimum atomic E-state index is -2.46. The van der Waals surface area contributed by atoms with Gasteiger partial charge in [-0.2, -0.15) is 8.78 Å². The summed E-state index contributed by atoms with van der Waals surface area (Å²) in [6, 6.07) is 0. The van der Waals surface area contributed by atoms with Crippen molar-refractivity contribution in [3.8, 4) is 0 Å². The van der Waals surface area contributed by atoms with Crippen molar-refractivity contribution in [2.75, 3.05) is 13.1 Å². The van der Waals surface area contributed by atoms with Gasteiger partial charge in [-0.3, -0.25) is 4.79 Å². The number of amides is 1. The Bertz CT molecular complexity index is 194. The van der Waals surface area contributed by atoms with Gasteiger partial charge in [0.1, 0.15) is 0 Å². The smallest absolute Gasteiger partial charge is 0.302 e. The second kappa shape index (κ2) is 7.88. The predicted octanol–water partition coefficient (Wildman–Crippen LogP) is 0.951. The molecule has 0 radical (unpaired) electrons. The minimum Gasteiger partial charge on any atom is -0.354 e. The fourth-order valence-electron chi connectivity index (χ4n) is 0.482. The highest BCUT2D eigenvalue weighted by Crippen LogP contribution is 2.12. The van der Waals surface area contributed by atoms with Crippen LogP contribution in [0.2, 0.25) is 0 Å². The molecule has 0 aliphatic rings. The van der Waals surface area contributed by atoms with Gasteiger partial charge in [0.15, 0.2) is 5.83 Å². The zero-order valence-corrected chi connectivity index (χ0v) is 7.47. The zero-order valence-electron chi connectivity index (χ0n) is 6.65. The van der Waals surface area contributed by atoms with E-state index in [1.165, 1.54) is 0 Å². The summed E-state index contributed by atoms with van der Waals surface area (Å²) in [5.74, 6) is -2.50. The van der Waals surface area contributed by atoms with Crippen LogP contribution in [0.25, 0.3) is 0 Å². The largest absolute Gasteiger partial charge is 0.354 e. The average Bonchev–Trinajstić information content (AvgIpc) is 2.00. The zero-order chi connectivity index (χ0) is 9.56. The number of carbonyl (C=O) groups excluding carboxylic acids is 1. The molecule has 0 aliphatic carbocycles. The molecule has 1 amide bonds. The Hall–Kier alpha value is -0.750. The molecule has 0 heterocycles. The van der Waals surface area contributed by atoms with Crippen molar-refractivity contribution in [3.63, 3.8) is 0 Å². The van der Waals surface area contributed by atoms with Gasteiger partial charge in [-0.1, -0.05) is 0 Å². The van der Waals surface area contributed by atoms with Crippen molar-refractivity contribution in [1.82, 2.24) is 5.32 Å². The number of hydrogen-bond acceptors (Lipinski definition) is 2. The molecule has 0 fully saturated rings. The third-order valence-corrected chi connectivity index (χ3v) is 0.987. The molecule has 0 rings (SSSR count). The average molecular weight is 219 g/mol. The van der Waals surface area contributed by atoms with Crippen molar-refractivity contribution >= 4 is 18.3 Å². The van der Waals surface area contributed by atoms with Crippen molar-refractivity contribution in [1.29, 1.82) is 0 Å². The molecule has 0 spiro atoms. The van der Waals surface area contributed by atoms with Crippen molar-refractivity contribution < 1.29 is 18.0 Å². The van der Waals surface area contributed by atoms with Gasteiger partial charge in [0.2, 0.25) is 5.91 Å². The highest BCUT2D eigenvalue weighted by atomic mass is 35.5. The van der Waals surface area contributed by atoms with E-state index < -0.39 is 24.2 Å². The molecule has 0 aromatic rings. The van der Waals surface area contributed by atoms with Crippen LogP contribution in [-0.2, 0) is 4.79 Å². The number of nitrogens with two attached hydrogens (primary N) is 1. The molecule has 0 aromatic carbocycles.